The molecular weight excluding hydrogens is 500 g/mol. The Morgan fingerprint density at radius 1 is 1.08 bits per heavy atom. The quantitative estimate of drug-likeness (QED) is 0.317. The SMILES string of the molecule is CC1(C)OC2[C@H](n3cnc4c(N)ncnc43)O[C@H](CNCCCNC(=O)Nc3ccc(C(C)(C)C)cc3)[C@H]2O1. The van der Waals surface area contributed by atoms with Gasteiger partial charge in [0, 0.05) is 18.8 Å². The molecule has 39 heavy (non-hydrogen) atoms. The Kier molecular flexibility index (Phi) is 7.47. The lowest BCUT2D eigenvalue weighted by Crippen LogP contribution is -2.38. The number of urea groups is 1. The maximum absolute atomic E-state index is 12.3. The molecule has 2 aliphatic heterocycles. The smallest absolute Gasteiger partial charge is 0.319 e. The van der Waals surface area contributed by atoms with Crippen molar-refractivity contribution in [2.24, 2.45) is 0 Å². The van der Waals surface area contributed by atoms with Crippen molar-refractivity contribution in [3.63, 3.8) is 0 Å². The van der Waals surface area contributed by atoms with Crippen LogP contribution in [0.3, 0.4) is 0 Å². The van der Waals surface area contributed by atoms with E-state index in [-0.39, 0.29) is 29.8 Å². The minimum absolute atomic E-state index is 0.0730. The van der Waals surface area contributed by atoms with Gasteiger partial charge in [0.1, 0.15) is 30.2 Å². The fourth-order valence-corrected chi connectivity index (χ4v) is 4.99. The molecule has 210 valence electrons. The van der Waals surface area contributed by atoms with Crippen molar-refractivity contribution in [2.75, 3.05) is 30.7 Å². The van der Waals surface area contributed by atoms with E-state index in [1.54, 1.807) is 6.33 Å². The third-order valence-electron chi connectivity index (χ3n) is 6.96. The van der Waals surface area contributed by atoms with Gasteiger partial charge in [0.05, 0.1) is 6.33 Å². The molecule has 0 radical (unpaired) electrons. The number of nitrogen functional groups attached to an aromatic ring is 1. The first-order valence-electron chi connectivity index (χ1n) is 13.3. The summed E-state index contributed by atoms with van der Waals surface area (Å²) < 4.78 is 20.6. The van der Waals surface area contributed by atoms with Gasteiger partial charge in [0.15, 0.2) is 23.5 Å². The van der Waals surface area contributed by atoms with Gasteiger partial charge in [-0.2, -0.15) is 0 Å². The molecule has 2 amide bonds. The van der Waals surface area contributed by atoms with E-state index >= 15 is 0 Å². The molecular formula is C27H38N8O4. The zero-order chi connectivity index (χ0) is 27.8. The molecule has 2 aromatic heterocycles. The number of aromatic nitrogens is 4. The lowest BCUT2D eigenvalue weighted by atomic mass is 9.87. The number of nitrogens with zero attached hydrogens (tertiary/aromatic N) is 4. The molecule has 5 rings (SSSR count). The molecule has 2 fully saturated rings. The van der Waals surface area contributed by atoms with Gasteiger partial charge >= 0.3 is 6.03 Å². The second-order valence-corrected chi connectivity index (χ2v) is 11.5. The van der Waals surface area contributed by atoms with Crippen molar-refractivity contribution in [3.05, 3.63) is 42.5 Å². The van der Waals surface area contributed by atoms with Gasteiger partial charge in [-0.05, 0) is 49.9 Å². The van der Waals surface area contributed by atoms with Crippen LogP contribution in [0.2, 0.25) is 0 Å². The van der Waals surface area contributed by atoms with Crippen LogP contribution in [-0.2, 0) is 19.6 Å². The number of rotatable bonds is 8. The Morgan fingerprint density at radius 2 is 1.82 bits per heavy atom. The molecule has 3 aromatic rings. The standard InChI is InChI=1S/C27H38N8O4/c1-26(2,3)16-7-9-17(10-8-16)34-25(36)30-12-6-11-29-13-18-20-21(39-27(4,5)38-20)24(37-18)35-15-33-19-22(28)31-14-32-23(19)35/h7-10,14-15,18,20-21,24,29H,6,11-13H2,1-5H3,(H2,28,31,32)(H2,30,34,36)/t18-,20-,21?,24-/m1/s1. The molecule has 0 saturated carbocycles. The van der Waals surface area contributed by atoms with Gasteiger partial charge in [0.25, 0.3) is 0 Å². The maximum Gasteiger partial charge on any atom is 0.319 e. The third kappa shape index (κ3) is 5.98. The van der Waals surface area contributed by atoms with Gasteiger partial charge in [-0.15, -0.1) is 0 Å². The highest BCUT2D eigenvalue weighted by molar-refractivity contribution is 5.89. The number of imidazole rings is 1. The summed E-state index contributed by atoms with van der Waals surface area (Å²) >= 11 is 0. The highest BCUT2D eigenvalue weighted by Crippen LogP contribution is 2.43. The number of hydrogen-bond donors (Lipinski definition) is 4. The van der Waals surface area contributed by atoms with Crippen molar-refractivity contribution < 1.29 is 19.0 Å². The Balaban J connectivity index is 1.09. The van der Waals surface area contributed by atoms with Gasteiger partial charge in [-0.1, -0.05) is 32.9 Å². The number of ether oxygens (including phenoxy) is 3. The summed E-state index contributed by atoms with van der Waals surface area (Å²) in [5.41, 5.74) is 9.13. The van der Waals surface area contributed by atoms with Crippen LogP contribution in [0.1, 0.15) is 52.8 Å². The first-order chi connectivity index (χ1) is 18.5. The monoisotopic (exact) mass is 538 g/mol. The summed E-state index contributed by atoms with van der Waals surface area (Å²) in [4.78, 5) is 25.0. The minimum Gasteiger partial charge on any atom is -0.382 e. The van der Waals surface area contributed by atoms with E-state index in [2.05, 4.69) is 51.7 Å². The van der Waals surface area contributed by atoms with E-state index in [9.17, 15) is 4.79 Å². The predicted molar refractivity (Wildman–Crippen MR) is 147 cm³/mol. The van der Waals surface area contributed by atoms with Crippen molar-refractivity contribution in [1.82, 2.24) is 30.2 Å². The van der Waals surface area contributed by atoms with E-state index in [0.717, 1.165) is 12.1 Å². The summed E-state index contributed by atoms with van der Waals surface area (Å²) in [6.07, 6.45) is 2.51. The summed E-state index contributed by atoms with van der Waals surface area (Å²) in [6, 6.07) is 7.71. The summed E-state index contributed by atoms with van der Waals surface area (Å²) in [5.74, 6) is -0.416. The van der Waals surface area contributed by atoms with Crippen molar-refractivity contribution >= 4 is 28.7 Å². The number of amides is 2. The topological polar surface area (TPSA) is 150 Å². The maximum atomic E-state index is 12.3. The Hall–Kier alpha value is -3.32. The van der Waals surface area contributed by atoms with E-state index in [1.165, 1.54) is 11.9 Å². The second kappa shape index (κ2) is 10.7. The Labute approximate surface area is 228 Å². The molecule has 0 bridgehead atoms. The molecule has 4 heterocycles. The average Bonchev–Trinajstić information content (AvgIpc) is 3.53. The first kappa shape index (κ1) is 27.3. The number of carbonyl (C=O) groups is 1. The Bertz CT molecular complexity index is 1300. The number of nitrogens with one attached hydrogen (secondary N) is 3. The van der Waals surface area contributed by atoms with Gasteiger partial charge in [-0.25, -0.2) is 19.7 Å². The number of nitrogens with two attached hydrogens (primary N) is 1. The van der Waals surface area contributed by atoms with Crippen LogP contribution in [0.15, 0.2) is 36.9 Å². The molecule has 4 atom stereocenters. The molecule has 12 heteroatoms. The first-order valence-corrected chi connectivity index (χ1v) is 13.3. The highest BCUT2D eigenvalue weighted by atomic mass is 16.8. The molecule has 1 aromatic carbocycles. The predicted octanol–water partition coefficient (Wildman–Crippen LogP) is 2.92. The molecule has 0 aliphatic carbocycles. The van der Waals surface area contributed by atoms with Crippen LogP contribution < -0.4 is 21.7 Å². The van der Waals surface area contributed by atoms with Crippen molar-refractivity contribution in [2.45, 2.75) is 76.8 Å². The number of benzene rings is 1. The largest absolute Gasteiger partial charge is 0.382 e. The average molecular weight is 539 g/mol. The molecule has 5 N–H and O–H groups in total. The van der Waals surface area contributed by atoms with Crippen molar-refractivity contribution in [3.8, 4) is 0 Å². The molecule has 2 aliphatic rings. The molecule has 12 nitrogen and oxygen atoms in total. The molecule has 2 saturated heterocycles. The highest BCUT2D eigenvalue weighted by Gasteiger charge is 2.55. The zero-order valence-corrected chi connectivity index (χ0v) is 23.1. The van der Waals surface area contributed by atoms with Crippen LogP contribution >= 0.6 is 0 Å². The number of fused-ring (bicyclic) bond motifs is 2. The number of anilines is 2. The fraction of sp³-hybridized carbons (Fsp3) is 0.556. The molecule has 1 unspecified atom stereocenters. The van der Waals surface area contributed by atoms with Crippen LogP contribution in [0.25, 0.3) is 11.2 Å². The van der Waals surface area contributed by atoms with E-state index in [0.29, 0.717) is 36.6 Å². The van der Waals surface area contributed by atoms with Gasteiger partial charge in [-0.3, -0.25) is 4.57 Å². The third-order valence-corrected chi connectivity index (χ3v) is 6.96. The summed E-state index contributed by atoms with van der Waals surface area (Å²) in [6.45, 7) is 12.1. The van der Waals surface area contributed by atoms with Crippen LogP contribution in [0.4, 0.5) is 16.3 Å². The van der Waals surface area contributed by atoms with Gasteiger partial charge < -0.3 is 35.9 Å². The lowest BCUT2D eigenvalue weighted by molar-refractivity contribution is -0.195. The van der Waals surface area contributed by atoms with E-state index in [4.69, 9.17) is 19.9 Å². The normalized spacial score (nSPS) is 24.1. The number of hydrogen-bond acceptors (Lipinski definition) is 9. The lowest BCUT2D eigenvalue weighted by Gasteiger charge is -2.25. The van der Waals surface area contributed by atoms with Crippen LogP contribution in [0.5, 0.6) is 0 Å². The van der Waals surface area contributed by atoms with Crippen LogP contribution in [-0.4, -0.2) is 69.3 Å². The fourth-order valence-electron chi connectivity index (χ4n) is 4.99. The zero-order valence-electron chi connectivity index (χ0n) is 23.1. The minimum atomic E-state index is -0.732. The van der Waals surface area contributed by atoms with E-state index < -0.39 is 12.0 Å². The van der Waals surface area contributed by atoms with Crippen LogP contribution in [0, 0.1) is 0 Å². The van der Waals surface area contributed by atoms with Crippen molar-refractivity contribution in [1.29, 1.82) is 0 Å². The Morgan fingerprint density at radius 3 is 2.56 bits per heavy atom. The van der Waals surface area contributed by atoms with E-state index in [1.807, 2.05) is 42.7 Å². The molecule has 0 spiro atoms. The van der Waals surface area contributed by atoms with Gasteiger partial charge in [0.2, 0.25) is 0 Å². The second-order valence-electron chi connectivity index (χ2n) is 11.5. The summed E-state index contributed by atoms with van der Waals surface area (Å²) in [5, 5.41) is 9.20. The summed E-state index contributed by atoms with van der Waals surface area (Å²) in [7, 11) is 0. The number of carbonyl (C=O) groups excluding carboxylic acids is 1.